The molecule has 2 aromatic carbocycles. The first kappa shape index (κ1) is 33.4. The number of hydrazine groups is 1. The Morgan fingerprint density at radius 2 is 1.73 bits per heavy atom. The third-order valence-electron chi connectivity index (χ3n) is 7.33. The van der Waals surface area contributed by atoms with Crippen LogP contribution in [-0.4, -0.2) is 92.7 Å². The van der Waals surface area contributed by atoms with Crippen molar-refractivity contribution in [2.24, 2.45) is 0 Å². The van der Waals surface area contributed by atoms with Crippen molar-refractivity contribution in [1.82, 2.24) is 30.0 Å². The van der Waals surface area contributed by atoms with E-state index in [1.54, 1.807) is 34.7 Å². The summed E-state index contributed by atoms with van der Waals surface area (Å²) in [4.78, 5) is 47.1. The van der Waals surface area contributed by atoms with E-state index in [2.05, 4.69) is 15.5 Å². The lowest BCUT2D eigenvalue weighted by atomic mass is 10.1. The van der Waals surface area contributed by atoms with E-state index >= 15 is 0 Å². The van der Waals surface area contributed by atoms with Gasteiger partial charge in [0.25, 0.3) is 5.91 Å². The van der Waals surface area contributed by atoms with E-state index in [9.17, 15) is 18.8 Å². The van der Waals surface area contributed by atoms with Crippen LogP contribution in [0.15, 0.2) is 47.0 Å². The number of aromatic nitrogens is 2. The molecule has 0 saturated carbocycles. The Morgan fingerprint density at radius 3 is 2.31 bits per heavy atom. The van der Waals surface area contributed by atoms with Gasteiger partial charge in [-0.3, -0.25) is 14.6 Å². The quantitative estimate of drug-likeness (QED) is 0.330. The van der Waals surface area contributed by atoms with Gasteiger partial charge in [-0.15, -0.1) is 0 Å². The van der Waals surface area contributed by atoms with Crippen molar-refractivity contribution >= 4 is 23.6 Å². The monoisotopic (exact) mass is 623 g/mol. The number of aryl methyl sites for hydroxylation is 1. The van der Waals surface area contributed by atoms with Crippen molar-refractivity contribution in [2.75, 3.05) is 38.5 Å². The smallest absolute Gasteiger partial charge is 0.410 e. The molecule has 0 fully saturated rings. The molecule has 242 valence electrons. The zero-order valence-corrected chi connectivity index (χ0v) is 27.0. The number of hydrogen-bond acceptors (Lipinski definition) is 9. The van der Waals surface area contributed by atoms with E-state index in [0.717, 1.165) is 11.1 Å². The number of amides is 3. The zero-order chi connectivity index (χ0) is 32.9. The van der Waals surface area contributed by atoms with Crippen LogP contribution in [0.3, 0.4) is 0 Å². The number of benzene rings is 2. The normalized spacial score (nSPS) is 13.0. The molecule has 1 aromatic heterocycles. The first-order valence-electron chi connectivity index (χ1n) is 14.9. The topological polar surface area (TPSA) is 124 Å². The van der Waals surface area contributed by atoms with E-state index < -0.39 is 23.4 Å². The molecule has 3 amide bonds. The summed E-state index contributed by atoms with van der Waals surface area (Å²) >= 11 is 0. The molecule has 45 heavy (non-hydrogen) atoms. The minimum absolute atomic E-state index is 0.0579. The average molecular weight is 624 g/mol. The van der Waals surface area contributed by atoms with Crippen LogP contribution in [0.1, 0.15) is 51.6 Å². The lowest BCUT2D eigenvalue weighted by molar-refractivity contribution is -0.151. The fraction of sp³-hybridized carbons (Fsp3) is 0.469. The summed E-state index contributed by atoms with van der Waals surface area (Å²) in [5.41, 5.74) is 2.15. The van der Waals surface area contributed by atoms with Gasteiger partial charge in [0.2, 0.25) is 17.6 Å². The van der Waals surface area contributed by atoms with Crippen molar-refractivity contribution in [3.05, 3.63) is 65.3 Å². The second kappa shape index (κ2) is 14.1. The van der Waals surface area contributed by atoms with Gasteiger partial charge in [-0.05, 0) is 63.9 Å². The number of halogens is 1. The van der Waals surface area contributed by atoms with Crippen LogP contribution < -0.4 is 5.32 Å². The summed E-state index contributed by atoms with van der Waals surface area (Å²) in [6.07, 6.45) is -0.517. The van der Waals surface area contributed by atoms with Crippen LogP contribution in [-0.2, 0) is 27.4 Å². The number of nitrogens with zero attached hydrogens (tertiary/aromatic N) is 6. The summed E-state index contributed by atoms with van der Waals surface area (Å²) in [7, 11) is 1.68. The van der Waals surface area contributed by atoms with Gasteiger partial charge in [-0.1, -0.05) is 29.4 Å². The minimum atomic E-state index is -0.700. The van der Waals surface area contributed by atoms with Gasteiger partial charge < -0.3 is 24.4 Å². The van der Waals surface area contributed by atoms with Gasteiger partial charge >= 0.3 is 6.09 Å². The maximum Gasteiger partial charge on any atom is 0.410 e. The predicted molar refractivity (Wildman–Crippen MR) is 166 cm³/mol. The first-order valence-corrected chi connectivity index (χ1v) is 14.9. The second-order valence-corrected chi connectivity index (χ2v) is 12.3. The maximum atomic E-state index is 14.7. The number of hydrogen-bond donors (Lipinski definition) is 1. The summed E-state index contributed by atoms with van der Waals surface area (Å²) in [5, 5.41) is 10.2. The fourth-order valence-corrected chi connectivity index (χ4v) is 4.85. The molecule has 0 spiro atoms. The van der Waals surface area contributed by atoms with Crippen LogP contribution in [0.25, 0.3) is 11.4 Å². The number of anilines is 1. The number of nitrogens with one attached hydrogen (secondary N) is 1. The predicted octanol–water partition coefficient (Wildman–Crippen LogP) is 4.46. The number of ether oxygens (including phenoxy) is 1. The Balaban J connectivity index is 1.48. The molecule has 4 rings (SSSR count). The Labute approximate surface area is 263 Å². The standard InChI is InChI=1S/C32H42FN7O5/c1-21(2)40(31(43)44-32(4,5)6)15-14-38(20-29(42)37(7)39-18-24-10-8-9-11-25(24)19-39)28(41)17-34-27-16-23(12-13-26(27)33)30-35-22(3)45-36-30/h8-13,16,21,34H,14-15,17-20H2,1-7H3. The lowest BCUT2D eigenvalue weighted by Crippen LogP contribution is -2.51. The third-order valence-corrected chi connectivity index (χ3v) is 7.33. The van der Waals surface area contributed by atoms with Crippen LogP contribution in [0.5, 0.6) is 0 Å². The number of fused-ring (bicyclic) bond motifs is 1. The first-order chi connectivity index (χ1) is 21.2. The molecule has 0 saturated heterocycles. The van der Waals surface area contributed by atoms with E-state index in [0.29, 0.717) is 24.5 Å². The molecule has 3 aromatic rings. The van der Waals surface area contributed by atoms with Crippen molar-refractivity contribution in [3.8, 4) is 11.4 Å². The molecule has 12 nitrogen and oxygen atoms in total. The highest BCUT2D eigenvalue weighted by molar-refractivity contribution is 5.87. The molecule has 0 aliphatic carbocycles. The Kier molecular flexibility index (Phi) is 10.4. The molecule has 1 aliphatic heterocycles. The van der Waals surface area contributed by atoms with E-state index in [1.807, 2.05) is 43.1 Å². The molecule has 0 atom stereocenters. The molecule has 2 heterocycles. The van der Waals surface area contributed by atoms with E-state index in [1.165, 1.54) is 33.0 Å². The molecule has 0 radical (unpaired) electrons. The van der Waals surface area contributed by atoms with Crippen LogP contribution in [0, 0.1) is 12.7 Å². The van der Waals surface area contributed by atoms with Crippen molar-refractivity contribution < 1.29 is 28.0 Å². The second-order valence-electron chi connectivity index (χ2n) is 12.3. The molecule has 1 aliphatic rings. The van der Waals surface area contributed by atoms with Crippen molar-refractivity contribution in [3.63, 3.8) is 0 Å². The Hall–Kier alpha value is -4.52. The molecular weight excluding hydrogens is 581 g/mol. The highest BCUT2D eigenvalue weighted by atomic mass is 19.1. The van der Waals surface area contributed by atoms with Gasteiger partial charge in [0, 0.05) is 51.8 Å². The summed E-state index contributed by atoms with van der Waals surface area (Å²) < 4.78 is 25.3. The summed E-state index contributed by atoms with van der Waals surface area (Å²) in [6.45, 7) is 11.5. The molecule has 13 heteroatoms. The molecule has 0 bridgehead atoms. The van der Waals surface area contributed by atoms with Gasteiger partial charge in [0.1, 0.15) is 18.0 Å². The summed E-state index contributed by atoms with van der Waals surface area (Å²) in [5.74, 6) is -0.667. The Bertz CT molecular complexity index is 1490. The van der Waals surface area contributed by atoms with Gasteiger partial charge in [0.05, 0.1) is 12.2 Å². The van der Waals surface area contributed by atoms with Crippen LogP contribution in [0.2, 0.25) is 0 Å². The van der Waals surface area contributed by atoms with Crippen molar-refractivity contribution in [1.29, 1.82) is 0 Å². The van der Waals surface area contributed by atoms with Crippen molar-refractivity contribution in [2.45, 2.75) is 66.3 Å². The largest absolute Gasteiger partial charge is 0.444 e. The number of rotatable bonds is 11. The maximum absolute atomic E-state index is 14.7. The van der Waals surface area contributed by atoms with Crippen LogP contribution in [0.4, 0.5) is 14.9 Å². The minimum Gasteiger partial charge on any atom is -0.444 e. The number of carbonyl (C=O) groups excluding carboxylic acids is 3. The average Bonchev–Trinajstić information content (AvgIpc) is 3.60. The number of likely N-dealkylation sites (N-methyl/N-ethyl adjacent to an activating group) is 1. The lowest BCUT2D eigenvalue weighted by Gasteiger charge is -2.33. The number of carbonyl (C=O) groups is 3. The SMILES string of the molecule is Cc1nc(-c2ccc(F)c(NCC(=O)N(CCN(C(=O)OC(C)(C)C)C(C)C)CC(=O)N(C)N3Cc4ccccc4C3)c2)no1. The zero-order valence-electron chi connectivity index (χ0n) is 27.0. The molecule has 1 N–H and O–H groups in total. The highest BCUT2D eigenvalue weighted by Crippen LogP contribution is 2.24. The van der Waals surface area contributed by atoms with E-state index in [4.69, 9.17) is 9.26 Å². The molecular formula is C32H42FN7O5. The molecule has 0 unspecified atom stereocenters. The van der Waals surface area contributed by atoms with Gasteiger partial charge in [0.15, 0.2) is 0 Å². The van der Waals surface area contributed by atoms with Crippen LogP contribution >= 0.6 is 0 Å². The Morgan fingerprint density at radius 1 is 1.07 bits per heavy atom. The third kappa shape index (κ3) is 8.78. The summed E-state index contributed by atoms with van der Waals surface area (Å²) in [6, 6.07) is 12.0. The fourth-order valence-electron chi connectivity index (χ4n) is 4.85. The highest BCUT2D eigenvalue weighted by Gasteiger charge is 2.29. The van der Waals surface area contributed by atoms with Gasteiger partial charge in [-0.2, -0.15) is 4.98 Å². The van der Waals surface area contributed by atoms with E-state index in [-0.39, 0.29) is 49.6 Å². The van der Waals surface area contributed by atoms with Gasteiger partial charge in [-0.25, -0.2) is 14.2 Å².